The molecule has 1 aromatic carbocycles. The lowest BCUT2D eigenvalue weighted by Crippen LogP contribution is -2.39. The normalized spacial score (nSPS) is 32.5. The molecular weight excluding hydrogens is 248 g/mol. The number of halogens is 2. The van der Waals surface area contributed by atoms with Gasteiger partial charge < -0.3 is 10.5 Å². The molecule has 5 atom stereocenters. The van der Waals surface area contributed by atoms with Crippen LogP contribution in [-0.4, -0.2) is 18.2 Å². The highest BCUT2D eigenvalue weighted by atomic mass is 19.1. The Kier molecular flexibility index (Phi) is 4.21. The van der Waals surface area contributed by atoms with Crippen LogP contribution in [0.5, 0.6) is 0 Å². The van der Waals surface area contributed by atoms with E-state index in [1.54, 1.807) is 0 Å². The van der Waals surface area contributed by atoms with Crippen molar-refractivity contribution in [2.24, 2.45) is 17.6 Å². The first-order chi connectivity index (χ1) is 8.88. The van der Waals surface area contributed by atoms with Crippen LogP contribution >= 0.6 is 0 Å². The molecule has 2 N–H and O–H groups in total. The predicted molar refractivity (Wildman–Crippen MR) is 70.7 cm³/mol. The van der Waals surface area contributed by atoms with E-state index < -0.39 is 11.6 Å². The molecule has 1 aliphatic heterocycles. The van der Waals surface area contributed by atoms with E-state index in [-0.39, 0.29) is 24.2 Å². The Hall–Kier alpha value is -1.00. The molecule has 0 aromatic heterocycles. The summed E-state index contributed by atoms with van der Waals surface area (Å²) < 4.78 is 32.1. The Labute approximate surface area is 112 Å². The minimum atomic E-state index is -0.556. The van der Waals surface area contributed by atoms with Gasteiger partial charge in [-0.2, -0.15) is 0 Å². The SMILES string of the molecule is CC1OC(C)C(C(N)Cc2cc(F)cc(F)c2)C1C. The zero-order chi connectivity index (χ0) is 14.2. The van der Waals surface area contributed by atoms with Gasteiger partial charge in [-0.05, 0) is 43.9 Å². The lowest BCUT2D eigenvalue weighted by Gasteiger charge is -2.25. The average Bonchev–Trinajstić information content (AvgIpc) is 2.51. The summed E-state index contributed by atoms with van der Waals surface area (Å²) in [6.45, 7) is 6.16. The molecule has 5 unspecified atom stereocenters. The standard InChI is InChI=1S/C15H21F2NO/c1-8-9(2)19-10(3)15(8)14(18)6-11-4-12(16)7-13(17)5-11/h4-5,7-10,14-15H,6,18H2,1-3H3. The number of hydrogen-bond acceptors (Lipinski definition) is 2. The van der Waals surface area contributed by atoms with E-state index in [2.05, 4.69) is 6.92 Å². The van der Waals surface area contributed by atoms with Crippen molar-refractivity contribution >= 4 is 0 Å². The molecule has 0 radical (unpaired) electrons. The zero-order valence-electron chi connectivity index (χ0n) is 11.6. The third-order valence-electron chi connectivity index (χ3n) is 4.21. The van der Waals surface area contributed by atoms with Crippen molar-refractivity contribution in [1.82, 2.24) is 0 Å². The smallest absolute Gasteiger partial charge is 0.126 e. The van der Waals surface area contributed by atoms with Gasteiger partial charge in [0.2, 0.25) is 0 Å². The van der Waals surface area contributed by atoms with Crippen LogP contribution in [0.25, 0.3) is 0 Å². The van der Waals surface area contributed by atoms with Crippen molar-refractivity contribution in [3.05, 3.63) is 35.4 Å². The topological polar surface area (TPSA) is 35.2 Å². The summed E-state index contributed by atoms with van der Waals surface area (Å²) in [4.78, 5) is 0. The molecule has 1 saturated heterocycles. The van der Waals surface area contributed by atoms with Gasteiger partial charge in [-0.3, -0.25) is 0 Å². The predicted octanol–water partition coefficient (Wildman–Crippen LogP) is 2.89. The molecule has 106 valence electrons. The maximum absolute atomic E-state index is 13.2. The van der Waals surface area contributed by atoms with Crippen molar-refractivity contribution < 1.29 is 13.5 Å². The highest BCUT2D eigenvalue weighted by Crippen LogP contribution is 2.34. The molecule has 2 rings (SSSR count). The lowest BCUT2D eigenvalue weighted by atomic mass is 9.81. The van der Waals surface area contributed by atoms with E-state index in [9.17, 15) is 8.78 Å². The molecule has 19 heavy (non-hydrogen) atoms. The first-order valence-corrected chi connectivity index (χ1v) is 6.74. The second-order valence-electron chi connectivity index (χ2n) is 5.63. The number of nitrogens with two attached hydrogens (primary N) is 1. The largest absolute Gasteiger partial charge is 0.375 e. The van der Waals surface area contributed by atoms with Crippen LogP contribution in [0.15, 0.2) is 18.2 Å². The van der Waals surface area contributed by atoms with Crippen LogP contribution in [0.4, 0.5) is 8.78 Å². The van der Waals surface area contributed by atoms with Gasteiger partial charge in [0.1, 0.15) is 11.6 Å². The second kappa shape index (κ2) is 5.55. The van der Waals surface area contributed by atoms with Crippen LogP contribution < -0.4 is 5.73 Å². The molecule has 4 heteroatoms. The average molecular weight is 269 g/mol. The van der Waals surface area contributed by atoms with Gasteiger partial charge in [0.15, 0.2) is 0 Å². The third-order valence-corrected chi connectivity index (χ3v) is 4.21. The lowest BCUT2D eigenvalue weighted by molar-refractivity contribution is 0.0490. The highest BCUT2D eigenvalue weighted by Gasteiger charge is 2.40. The molecule has 0 aliphatic carbocycles. The first-order valence-electron chi connectivity index (χ1n) is 6.74. The van der Waals surface area contributed by atoms with Crippen LogP contribution in [-0.2, 0) is 11.2 Å². The van der Waals surface area contributed by atoms with Gasteiger partial charge in [0.25, 0.3) is 0 Å². The Bertz CT molecular complexity index is 432. The van der Waals surface area contributed by atoms with Crippen molar-refractivity contribution in [2.45, 2.75) is 45.4 Å². The number of rotatable bonds is 3. The van der Waals surface area contributed by atoms with Crippen LogP contribution in [0.1, 0.15) is 26.3 Å². The summed E-state index contributed by atoms with van der Waals surface area (Å²) >= 11 is 0. The fourth-order valence-corrected chi connectivity index (χ4v) is 3.17. The summed E-state index contributed by atoms with van der Waals surface area (Å²) in [6, 6.07) is 3.41. The zero-order valence-corrected chi connectivity index (χ0v) is 11.6. The molecule has 1 aliphatic rings. The van der Waals surface area contributed by atoms with Gasteiger partial charge in [-0.25, -0.2) is 8.78 Å². The fraction of sp³-hybridized carbons (Fsp3) is 0.600. The summed E-state index contributed by atoms with van der Waals surface area (Å²) in [7, 11) is 0. The van der Waals surface area contributed by atoms with Crippen molar-refractivity contribution in [1.29, 1.82) is 0 Å². The Morgan fingerprint density at radius 1 is 1.11 bits per heavy atom. The molecule has 0 saturated carbocycles. The maximum atomic E-state index is 13.2. The van der Waals surface area contributed by atoms with Crippen molar-refractivity contribution in [2.75, 3.05) is 0 Å². The molecule has 2 nitrogen and oxygen atoms in total. The van der Waals surface area contributed by atoms with Crippen molar-refractivity contribution in [3.8, 4) is 0 Å². The summed E-state index contributed by atoms with van der Waals surface area (Å²) in [5.41, 5.74) is 6.83. The number of ether oxygens (including phenoxy) is 1. The Morgan fingerprint density at radius 2 is 1.68 bits per heavy atom. The first kappa shape index (κ1) is 14.4. The second-order valence-corrected chi connectivity index (χ2v) is 5.63. The van der Waals surface area contributed by atoms with Gasteiger partial charge in [0.05, 0.1) is 12.2 Å². The third kappa shape index (κ3) is 3.12. The van der Waals surface area contributed by atoms with Crippen LogP contribution in [0.3, 0.4) is 0 Å². The number of benzene rings is 1. The van der Waals surface area contributed by atoms with Gasteiger partial charge in [-0.15, -0.1) is 0 Å². The minimum Gasteiger partial charge on any atom is -0.375 e. The molecule has 0 bridgehead atoms. The highest BCUT2D eigenvalue weighted by molar-refractivity contribution is 5.19. The van der Waals surface area contributed by atoms with Gasteiger partial charge in [-0.1, -0.05) is 6.92 Å². The molecule has 1 heterocycles. The molecular formula is C15H21F2NO. The number of hydrogen-bond donors (Lipinski definition) is 1. The van der Waals surface area contributed by atoms with Crippen LogP contribution in [0, 0.1) is 23.5 Å². The van der Waals surface area contributed by atoms with E-state index in [1.807, 2.05) is 13.8 Å². The van der Waals surface area contributed by atoms with E-state index in [0.29, 0.717) is 17.9 Å². The van der Waals surface area contributed by atoms with E-state index >= 15 is 0 Å². The fourth-order valence-electron chi connectivity index (χ4n) is 3.17. The van der Waals surface area contributed by atoms with E-state index in [4.69, 9.17) is 10.5 Å². The quantitative estimate of drug-likeness (QED) is 0.915. The summed E-state index contributed by atoms with van der Waals surface area (Å²) in [5.74, 6) is -0.552. The minimum absolute atomic E-state index is 0.0819. The summed E-state index contributed by atoms with van der Waals surface area (Å²) in [5, 5.41) is 0. The maximum Gasteiger partial charge on any atom is 0.126 e. The van der Waals surface area contributed by atoms with E-state index in [1.165, 1.54) is 12.1 Å². The molecule has 1 aromatic rings. The summed E-state index contributed by atoms with van der Waals surface area (Å²) in [6.07, 6.45) is 0.720. The molecule has 0 spiro atoms. The molecule has 0 amide bonds. The van der Waals surface area contributed by atoms with E-state index in [0.717, 1.165) is 6.07 Å². The Balaban J connectivity index is 2.10. The van der Waals surface area contributed by atoms with Gasteiger partial charge in [0, 0.05) is 18.0 Å². The van der Waals surface area contributed by atoms with Gasteiger partial charge >= 0.3 is 0 Å². The monoisotopic (exact) mass is 269 g/mol. The molecule has 1 fully saturated rings. The Morgan fingerprint density at radius 3 is 2.16 bits per heavy atom. The van der Waals surface area contributed by atoms with Crippen molar-refractivity contribution in [3.63, 3.8) is 0 Å². The van der Waals surface area contributed by atoms with Crippen LogP contribution in [0.2, 0.25) is 0 Å².